The van der Waals surface area contributed by atoms with Gasteiger partial charge in [-0.25, -0.2) is 9.67 Å². The van der Waals surface area contributed by atoms with Crippen molar-refractivity contribution in [3.63, 3.8) is 0 Å². The third-order valence-electron chi connectivity index (χ3n) is 3.50. The van der Waals surface area contributed by atoms with E-state index < -0.39 is 0 Å². The van der Waals surface area contributed by atoms with Crippen molar-refractivity contribution >= 4 is 17.5 Å². The molecule has 0 bridgehead atoms. The molecule has 24 heavy (non-hydrogen) atoms. The van der Waals surface area contributed by atoms with Gasteiger partial charge in [0.25, 0.3) is 5.91 Å². The minimum absolute atomic E-state index is 0.0787. The molecule has 2 aromatic heterocycles. The van der Waals surface area contributed by atoms with Crippen LogP contribution in [0.3, 0.4) is 0 Å². The van der Waals surface area contributed by atoms with Crippen LogP contribution < -0.4 is 5.32 Å². The normalized spacial score (nSPS) is 10.8. The second kappa shape index (κ2) is 6.79. The minimum atomic E-state index is -0.380. The summed E-state index contributed by atoms with van der Waals surface area (Å²) in [5.74, 6) is 0.947. The molecule has 0 radical (unpaired) electrons. The third-order valence-corrected chi connectivity index (χ3v) is 3.82. The molecule has 1 aromatic carbocycles. The van der Waals surface area contributed by atoms with Gasteiger partial charge in [0.1, 0.15) is 12.2 Å². The first-order valence-electron chi connectivity index (χ1n) is 7.43. The van der Waals surface area contributed by atoms with Crippen LogP contribution in [0.4, 0.5) is 0 Å². The van der Waals surface area contributed by atoms with Crippen molar-refractivity contribution in [1.82, 2.24) is 34.8 Å². The maximum absolute atomic E-state index is 12.3. The number of benzene rings is 1. The number of carbonyl (C=O) groups is 1. The van der Waals surface area contributed by atoms with Crippen molar-refractivity contribution in [3.8, 4) is 5.69 Å². The van der Waals surface area contributed by atoms with Crippen LogP contribution in [0.15, 0.2) is 30.6 Å². The maximum Gasteiger partial charge on any atom is 0.291 e. The zero-order valence-corrected chi connectivity index (χ0v) is 14.0. The lowest BCUT2D eigenvalue weighted by atomic mass is 10.3. The third kappa shape index (κ3) is 3.13. The summed E-state index contributed by atoms with van der Waals surface area (Å²) in [5.41, 5.74) is 0.675. The molecule has 3 rings (SSSR count). The first-order chi connectivity index (χ1) is 11.6. The van der Waals surface area contributed by atoms with Gasteiger partial charge in [0.15, 0.2) is 5.82 Å². The Labute approximate surface area is 143 Å². The van der Waals surface area contributed by atoms with Crippen LogP contribution in [-0.4, -0.2) is 35.4 Å². The highest BCUT2D eigenvalue weighted by atomic mass is 35.5. The Kier molecular flexibility index (Phi) is 4.57. The van der Waals surface area contributed by atoms with Crippen LogP contribution in [0, 0.1) is 6.92 Å². The standard InChI is InChI=1S/C15H16ClN7O/c1-3-22-9-18-20-13(22)8-17-15(24)14-19-10(2)23(21-14)12-7-5-4-6-11(12)16/h4-7,9H,3,8H2,1-2H3,(H,17,24). The topological polar surface area (TPSA) is 90.5 Å². The second-order valence-corrected chi connectivity index (χ2v) is 5.47. The Balaban J connectivity index is 1.77. The summed E-state index contributed by atoms with van der Waals surface area (Å²) in [4.78, 5) is 16.5. The van der Waals surface area contributed by atoms with Crippen molar-refractivity contribution < 1.29 is 4.79 Å². The average Bonchev–Trinajstić information content (AvgIpc) is 3.19. The summed E-state index contributed by atoms with van der Waals surface area (Å²) < 4.78 is 3.40. The lowest BCUT2D eigenvalue weighted by Crippen LogP contribution is -2.26. The maximum atomic E-state index is 12.3. The molecule has 0 saturated carbocycles. The Morgan fingerprint density at radius 1 is 1.33 bits per heavy atom. The Morgan fingerprint density at radius 2 is 2.12 bits per heavy atom. The molecule has 3 aromatic rings. The van der Waals surface area contributed by atoms with E-state index in [0.29, 0.717) is 22.4 Å². The van der Waals surface area contributed by atoms with E-state index in [-0.39, 0.29) is 18.3 Å². The predicted octanol–water partition coefficient (Wildman–Crippen LogP) is 1.77. The van der Waals surface area contributed by atoms with E-state index in [2.05, 4.69) is 25.6 Å². The molecular weight excluding hydrogens is 330 g/mol. The number of amides is 1. The fourth-order valence-corrected chi connectivity index (χ4v) is 2.47. The van der Waals surface area contributed by atoms with Crippen LogP contribution in [0.2, 0.25) is 5.02 Å². The van der Waals surface area contributed by atoms with Crippen LogP contribution in [0.25, 0.3) is 5.69 Å². The molecule has 0 aliphatic rings. The number of para-hydroxylation sites is 1. The molecule has 0 aliphatic carbocycles. The summed E-state index contributed by atoms with van der Waals surface area (Å²) >= 11 is 6.17. The average molecular weight is 346 g/mol. The number of aryl methyl sites for hydroxylation is 2. The van der Waals surface area contributed by atoms with E-state index in [0.717, 1.165) is 6.54 Å². The van der Waals surface area contributed by atoms with Gasteiger partial charge in [-0.15, -0.1) is 15.3 Å². The molecule has 9 heteroatoms. The first kappa shape index (κ1) is 16.1. The fraction of sp³-hybridized carbons (Fsp3) is 0.267. The van der Waals surface area contributed by atoms with Gasteiger partial charge in [0.2, 0.25) is 5.82 Å². The van der Waals surface area contributed by atoms with E-state index in [1.165, 1.54) is 0 Å². The molecule has 124 valence electrons. The molecule has 2 heterocycles. The Bertz CT molecular complexity index is 870. The van der Waals surface area contributed by atoms with Gasteiger partial charge < -0.3 is 9.88 Å². The molecule has 0 spiro atoms. The van der Waals surface area contributed by atoms with E-state index in [4.69, 9.17) is 11.6 Å². The monoisotopic (exact) mass is 345 g/mol. The van der Waals surface area contributed by atoms with Crippen LogP contribution >= 0.6 is 11.6 Å². The van der Waals surface area contributed by atoms with E-state index >= 15 is 0 Å². The molecule has 0 fully saturated rings. The van der Waals surface area contributed by atoms with Crippen molar-refractivity contribution in [3.05, 3.63) is 53.1 Å². The number of halogens is 1. The number of hydrogen-bond donors (Lipinski definition) is 1. The van der Waals surface area contributed by atoms with Crippen LogP contribution in [-0.2, 0) is 13.1 Å². The molecule has 0 atom stereocenters. The van der Waals surface area contributed by atoms with Gasteiger partial charge >= 0.3 is 0 Å². The molecule has 8 nitrogen and oxygen atoms in total. The second-order valence-electron chi connectivity index (χ2n) is 5.06. The Hall–Kier alpha value is -2.74. The van der Waals surface area contributed by atoms with Crippen molar-refractivity contribution in [1.29, 1.82) is 0 Å². The SMILES string of the molecule is CCn1cnnc1CNC(=O)c1nc(C)n(-c2ccccc2Cl)n1. The summed E-state index contributed by atoms with van der Waals surface area (Å²) in [7, 11) is 0. The number of aromatic nitrogens is 6. The molecule has 0 aliphatic heterocycles. The Morgan fingerprint density at radius 3 is 2.88 bits per heavy atom. The van der Waals surface area contributed by atoms with Crippen molar-refractivity contribution in [2.75, 3.05) is 0 Å². The zero-order valence-electron chi connectivity index (χ0n) is 13.3. The minimum Gasteiger partial charge on any atom is -0.342 e. The number of hydrogen-bond acceptors (Lipinski definition) is 5. The van der Waals surface area contributed by atoms with Gasteiger partial charge in [-0.2, -0.15) is 0 Å². The number of nitrogens with zero attached hydrogens (tertiary/aromatic N) is 6. The van der Waals surface area contributed by atoms with Crippen LogP contribution in [0.1, 0.15) is 29.2 Å². The number of carbonyl (C=O) groups excluding carboxylic acids is 1. The quantitative estimate of drug-likeness (QED) is 0.761. The summed E-state index contributed by atoms with van der Waals surface area (Å²) in [6.45, 7) is 4.73. The van der Waals surface area contributed by atoms with E-state index in [1.54, 1.807) is 24.0 Å². The number of nitrogens with one attached hydrogen (secondary N) is 1. The van der Waals surface area contributed by atoms with Gasteiger partial charge in [0, 0.05) is 6.54 Å². The molecular formula is C15H16ClN7O. The highest BCUT2D eigenvalue weighted by molar-refractivity contribution is 6.32. The highest BCUT2D eigenvalue weighted by Gasteiger charge is 2.17. The van der Waals surface area contributed by atoms with Crippen LogP contribution in [0.5, 0.6) is 0 Å². The molecule has 1 amide bonds. The largest absolute Gasteiger partial charge is 0.342 e. The van der Waals surface area contributed by atoms with E-state index in [1.807, 2.05) is 29.7 Å². The van der Waals surface area contributed by atoms with Gasteiger partial charge in [0.05, 0.1) is 17.3 Å². The molecule has 0 saturated heterocycles. The molecule has 0 unspecified atom stereocenters. The smallest absolute Gasteiger partial charge is 0.291 e. The summed E-state index contributed by atoms with van der Waals surface area (Å²) in [5, 5.41) is 15.3. The molecule has 1 N–H and O–H groups in total. The zero-order chi connectivity index (χ0) is 17.1. The van der Waals surface area contributed by atoms with Gasteiger partial charge in [-0.1, -0.05) is 23.7 Å². The van der Waals surface area contributed by atoms with Crippen molar-refractivity contribution in [2.24, 2.45) is 0 Å². The van der Waals surface area contributed by atoms with E-state index in [9.17, 15) is 4.79 Å². The highest BCUT2D eigenvalue weighted by Crippen LogP contribution is 2.20. The lowest BCUT2D eigenvalue weighted by molar-refractivity contribution is 0.0939. The number of rotatable bonds is 5. The fourth-order valence-electron chi connectivity index (χ4n) is 2.26. The first-order valence-corrected chi connectivity index (χ1v) is 7.81. The summed E-state index contributed by atoms with van der Waals surface area (Å²) in [6.07, 6.45) is 1.62. The van der Waals surface area contributed by atoms with Crippen molar-refractivity contribution in [2.45, 2.75) is 26.9 Å². The van der Waals surface area contributed by atoms with Gasteiger partial charge in [-0.3, -0.25) is 4.79 Å². The predicted molar refractivity (Wildman–Crippen MR) is 88.0 cm³/mol. The summed E-state index contributed by atoms with van der Waals surface area (Å²) in [6, 6.07) is 7.25. The van der Waals surface area contributed by atoms with Gasteiger partial charge in [-0.05, 0) is 26.0 Å². The lowest BCUT2D eigenvalue weighted by Gasteiger charge is -2.05.